The van der Waals surface area contributed by atoms with Crippen LogP contribution < -0.4 is 4.90 Å². The molecular formula is C19H24N4OS. The van der Waals surface area contributed by atoms with Gasteiger partial charge in [0.05, 0.1) is 0 Å². The van der Waals surface area contributed by atoms with Crippen molar-refractivity contribution in [1.82, 2.24) is 14.9 Å². The number of piperidine rings is 1. The van der Waals surface area contributed by atoms with Gasteiger partial charge in [0, 0.05) is 48.7 Å². The van der Waals surface area contributed by atoms with E-state index in [1.165, 1.54) is 10.4 Å². The number of aromatic nitrogens is 2. The SMILES string of the molecule is CCc1cc(N2CCC(C(=O)N3CCc4sccc4C3)CC2)ncn1. The minimum absolute atomic E-state index is 0.156. The van der Waals surface area contributed by atoms with Crippen molar-refractivity contribution in [3.05, 3.63) is 40.0 Å². The van der Waals surface area contributed by atoms with Gasteiger partial charge in [0.15, 0.2) is 0 Å². The summed E-state index contributed by atoms with van der Waals surface area (Å²) in [5.74, 6) is 1.50. The smallest absolute Gasteiger partial charge is 0.226 e. The van der Waals surface area contributed by atoms with Crippen LogP contribution in [0.1, 0.15) is 35.9 Å². The quantitative estimate of drug-likeness (QED) is 0.848. The van der Waals surface area contributed by atoms with Crippen LogP contribution in [-0.4, -0.2) is 40.4 Å². The molecule has 4 rings (SSSR count). The molecular weight excluding hydrogens is 332 g/mol. The molecule has 2 aromatic rings. The molecule has 0 bridgehead atoms. The van der Waals surface area contributed by atoms with E-state index < -0.39 is 0 Å². The number of thiophene rings is 1. The maximum atomic E-state index is 12.9. The van der Waals surface area contributed by atoms with Crippen LogP contribution in [0.2, 0.25) is 0 Å². The summed E-state index contributed by atoms with van der Waals surface area (Å²) in [5.41, 5.74) is 2.42. The maximum Gasteiger partial charge on any atom is 0.226 e. The van der Waals surface area contributed by atoms with E-state index in [1.807, 2.05) is 11.3 Å². The lowest BCUT2D eigenvalue weighted by Gasteiger charge is -2.36. The highest BCUT2D eigenvalue weighted by atomic mass is 32.1. The predicted molar refractivity (Wildman–Crippen MR) is 99.8 cm³/mol. The fourth-order valence-electron chi connectivity index (χ4n) is 3.80. The van der Waals surface area contributed by atoms with E-state index in [-0.39, 0.29) is 5.92 Å². The Morgan fingerprint density at radius 2 is 2.12 bits per heavy atom. The Balaban J connectivity index is 1.36. The summed E-state index contributed by atoms with van der Waals surface area (Å²) < 4.78 is 0. The molecule has 0 aromatic carbocycles. The second-order valence-corrected chi connectivity index (χ2v) is 7.86. The summed E-state index contributed by atoms with van der Waals surface area (Å²) >= 11 is 1.82. The van der Waals surface area contributed by atoms with Crippen LogP contribution in [0.15, 0.2) is 23.8 Å². The van der Waals surface area contributed by atoms with Crippen LogP contribution in [0.4, 0.5) is 5.82 Å². The Morgan fingerprint density at radius 1 is 1.28 bits per heavy atom. The summed E-state index contributed by atoms with van der Waals surface area (Å²) in [6, 6.07) is 4.24. The monoisotopic (exact) mass is 356 g/mol. The van der Waals surface area contributed by atoms with Gasteiger partial charge >= 0.3 is 0 Å². The molecule has 6 heteroatoms. The maximum absolute atomic E-state index is 12.9. The topological polar surface area (TPSA) is 49.3 Å². The normalized spacial score (nSPS) is 18.3. The van der Waals surface area contributed by atoms with Gasteiger partial charge in [-0.25, -0.2) is 9.97 Å². The highest BCUT2D eigenvalue weighted by Gasteiger charge is 2.31. The number of hydrogen-bond donors (Lipinski definition) is 0. The van der Waals surface area contributed by atoms with Gasteiger partial charge in [-0.3, -0.25) is 4.79 Å². The summed E-state index contributed by atoms with van der Waals surface area (Å²) in [6.07, 6.45) is 5.41. The second-order valence-electron chi connectivity index (χ2n) is 6.86. The molecule has 2 aliphatic heterocycles. The first-order chi connectivity index (χ1) is 12.2. The zero-order chi connectivity index (χ0) is 17.2. The van der Waals surface area contributed by atoms with E-state index in [0.29, 0.717) is 5.91 Å². The highest BCUT2D eigenvalue weighted by Crippen LogP contribution is 2.28. The van der Waals surface area contributed by atoms with Crippen molar-refractivity contribution in [3.63, 3.8) is 0 Å². The number of hydrogen-bond acceptors (Lipinski definition) is 5. The van der Waals surface area contributed by atoms with Crippen LogP contribution in [0.3, 0.4) is 0 Å². The Bertz CT molecular complexity index is 751. The number of aryl methyl sites for hydroxylation is 1. The van der Waals surface area contributed by atoms with E-state index in [4.69, 9.17) is 0 Å². The van der Waals surface area contributed by atoms with E-state index in [1.54, 1.807) is 6.33 Å². The Labute approximate surface area is 152 Å². The summed E-state index contributed by atoms with van der Waals surface area (Å²) in [5, 5.41) is 2.14. The van der Waals surface area contributed by atoms with Crippen molar-refractivity contribution in [1.29, 1.82) is 0 Å². The predicted octanol–water partition coefficient (Wildman–Crippen LogP) is 2.90. The van der Waals surface area contributed by atoms with Crippen molar-refractivity contribution in [2.75, 3.05) is 24.5 Å². The molecule has 132 valence electrons. The molecule has 1 saturated heterocycles. The summed E-state index contributed by atoms with van der Waals surface area (Å²) in [7, 11) is 0. The van der Waals surface area contributed by atoms with Crippen molar-refractivity contribution in [2.45, 2.75) is 39.2 Å². The Kier molecular flexibility index (Phi) is 4.70. The standard InChI is InChI=1S/C19H24N4OS/c1-2-16-11-18(21-13-20-16)22-7-3-14(4-8-22)19(24)23-9-5-17-15(12-23)6-10-25-17/h6,10-11,13-14H,2-5,7-9,12H2,1H3. The van der Waals surface area contributed by atoms with Gasteiger partial charge in [-0.1, -0.05) is 6.92 Å². The van der Waals surface area contributed by atoms with Crippen molar-refractivity contribution in [3.8, 4) is 0 Å². The molecule has 0 N–H and O–H groups in total. The van der Waals surface area contributed by atoms with Crippen LogP contribution in [0.5, 0.6) is 0 Å². The molecule has 1 amide bonds. The minimum atomic E-state index is 0.156. The van der Waals surface area contributed by atoms with E-state index in [9.17, 15) is 4.79 Å². The largest absolute Gasteiger partial charge is 0.356 e. The van der Waals surface area contributed by atoms with Gasteiger partial charge in [0.2, 0.25) is 5.91 Å². The Hall–Kier alpha value is -1.95. The Morgan fingerprint density at radius 3 is 2.92 bits per heavy atom. The fourth-order valence-corrected chi connectivity index (χ4v) is 4.69. The van der Waals surface area contributed by atoms with Gasteiger partial charge in [-0.2, -0.15) is 0 Å². The molecule has 4 heterocycles. The number of nitrogens with zero attached hydrogens (tertiary/aromatic N) is 4. The fraction of sp³-hybridized carbons (Fsp3) is 0.526. The molecule has 0 saturated carbocycles. The first kappa shape index (κ1) is 16.5. The zero-order valence-corrected chi connectivity index (χ0v) is 15.5. The number of carbonyl (C=O) groups is 1. The van der Waals surface area contributed by atoms with Crippen LogP contribution in [0, 0.1) is 5.92 Å². The number of rotatable bonds is 3. The van der Waals surface area contributed by atoms with Crippen LogP contribution in [0.25, 0.3) is 0 Å². The van der Waals surface area contributed by atoms with E-state index in [2.05, 4.69) is 44.2 Å². The van der Waals surface area contributed by atoms with Crippen LogP contribution >= 0.6 is 11.3 Å². The molecule has 0 atom stereocenters. The molecule has 1 fully saturated rings. The van der Waals surface area contributed by atoms with Crippen molar-refractivity contribution >= 4 is 23.1 Å². The number of carbonyl (C=O) groups excluding carboxylic acids is 1. The average Bonchev–Trinajstić information content (AvgIpc) is 3.15. The van der Waals surface area contributed by atoms with Crippen molar-refractivity contribution < 1.29 is 4.79 Å². The molecule has 2 aromatic heterocycles. The molecule has 25 heavy (non-hydrogen) atoms. The number of anilines is 1. The zero-order valence-electron chi connectivity index (χ0n) is 14.6. The number of amides is 1. The van der Waals surface area contributed by atoms with Crippen LogP contribution in [-0.2, 0) is 24.2 Å². The average molecular weight is 356 g/mol. The molecule has 5 nitrogen and oxygen atoms in total. The van der Waals surface area contributed by atoms with E-state index in [0.717, 1.165) is 63.4 Å². The molecule has 0 unspecified atom stereocenters. The third-order valence-electron chi connectivity index (χ3n) is 5.36. The molecule has 0 spiro atoms. The second kappa shape index (κ2) is 7.12. The van der Waals surface area contributed by atoms with E-state index >= 15 is 0 Å². The number of fused-ring (bicyclic) bond motifs is 1. The molecule has 0 aliphatic carbocycles. The van der Waals surface area contributed by atoms with Gasteiger partial charge < -0.3 is 9.80 Å². The first-order valence-corrected chi connectivity index (χ1v) is 10.0. The minimum Gasteiger partial charge on any atom is -0.356 e. The lowest BCUT2D eigenvalue weighted by atomic mass is 9.94. The summed E-state index contributed by atoms with van der Waals surface area (Å²) in [6.45, 7) is 5.57. The van der Waals surface area contributed by atoms with Crippen molar-refractivity contribution in [2.24, 2.45) is 5.92 Å². The molecule has 0 radical (unpaired) electrons. The van der Waals surface area contributed by atoms with Gasteiger partial charge in [0.25, 0.3) is 0 Å². The first-order valence-electron chi connectivity index (χ1n) is 9.14. The molecule has 2 aliphatic rings. The third-order valence-corrected chi connectivity index (χ3v) is 6.38. The lowest BCUT2D eigenvalue weighted by Crippen LogP contribution is -2.44. The van der Waals surface area contributed by atoms with Gasteiger partial charge in [0.1, 0.15) is 12.1 Å². The summed E-state index contributed by atoms with van der Waals surface area (Å²) in [4.78, 5) is 27.4. The van der Waals surface area contributed by atoms with Gasteiger partial charge in [-0.15, -0.1) is 11.3 Å². The highest BCUT2D eigenvalue weighted by molar-refractivity contribution is 7.10. The third kappa shape index (κ3) is 3.40. The lowest BCUT2D eigenvalue weighted by molar-refractivity contribution is -0.137. The van der Waals surface area contributed by atoms with Gasteiger partial charge in [-0.05, 0) is 42.7 Å².